The van der Waals surface area contributed by atoms with Crippen molar-refractivity contribution in [2.45, 2.75) is 6.92 Å². The number of benzene rings is 1. The Morgan fingerprint density at radius 3 is 2.30 bits per heavy atom. The second-order valence-corrected chi connectivity index (χ2v) is 6.37. The second-order valence-electron chi connectivity index (χ2n) is 6.37. The van der Waals surface area contributed by atoms with Gasteiger partial charge in [0.25, 0.3) is 5.91 Å². The van der Waals surface area contributed by atoms with E-state index in [9.17, 15) is 4.79 Å². The van der Waals surface area contributed by atoms with Crippen LogP contribution in [0.5, 0.6) is 0 Å². The first-order valence-electron chi connectivity index (χ1n) is 6.88. The summed E-state index contributed by atoms with van der Waals surface area (Å²) in [6.45, 7) is 7.76. The van der Waals surface area contributed by atoms with E-state index in [4.69, 9.17) is 0 Å². The predicted molar refractivity (Wildman–Crippen MR) is 82.9 cm³/mol. The highest BCUT2D eigenvalue weighted by Gasteiger charge is 2.27. The quantitative estimate of drug-likeness (QED) is 0.770. The van der Waals surface area contributed by atoms with Crippen LogP contribution in [0.25, 0.3) is 5.57 Å². The molecule has 0 N–H and O–H groups in total. The standard InChI is InChI=1S/C17H23N2O/c1-13-6-8-15(9-7-13)16-12-17(20)18(14(16)2)10-11-19(3,4)5/h6-9,12H,2,10-11H2,1,3-5H3/q+1. The highest BCUT2D eigenvalue weighted by molar-refractivity contribution is 6.06. The van der Waals surface area contributed by atoms with Crippen molar-refractivity contribution >= 4 is 11.5 Å². The second kappa shape index (κ2) is 5.25. The van der Waals surface area contributed by atoms with Gasteiger partial charge in [0.1, 0.15) is 0 Å². The van der Waals surface area contributed by atoms with Gasteiger partial charge in [0.2, 0.25) is 0 Å². The van der Waals surface area contributed by atoms with Crippen LogP contribution in [-0.2, 0) is 4.79 Å². The number of carbonyl (C=O) groups excluding carboxylic acids is 1. The molecule has 0 saturated heterocycles. The van der Waals surface area contributed by atoms with Gasteiger partial charge in [-0.1, -0.05) is 36.4 Å². The highest BCUT2D eigenvalue weighted by atomic mass is 16.2. The predicted octanol–water partition coefficient (Wildman–Crippen LogP) is 2.44. The smallest absolute Gasteiger partial charge is 0.251 e. The van der Waals surface area contributed by atoms with Crippen LogP contribution in [0.2, 0.25) is 0 Å². The summed E-state index contributed by atoms with van der Waals surface area (Å²) in [5.74, 6) is 0.0408. The van der Waals surface area contributed by atoms with Gasteiger partial charge in [0.05, 0.1) is 34.2 Å². The Bertz CT molecular complexity index is 562. The van der Waals surface area contributed by atoms with Crippen LogP contribution in [0.1, 0.15) is 11.1 Å². The largest absolute Gasteiger partial charge is 0.329 e. The highest BCUT2D eigenvalue weighted by Crippen LogP contribution is 2.30. The molecule has 2 rings (SSSR count). The Morgan fingerprint density at radius 1 is 1.15 bits per heavy atom. The molecule has 0 unspecified atom stereocenters. The summed E-state index contributed by atoms with van der Waals surface area (Å²) in [7, 11) is 6.37. The van der Waals surface area contributed by atoms with Gasteiger partial charge in [-0.05, 0) is 12.5 Å². The van der Waals surface area contributed by atoms with E-state index in [-0.39, 0.29) is 5.91 Å². The van der Waals surface area contributed by atoms with Crippen LogP contribution in [-0.4, -0.2) is 49.5 Å². The molecule has 0 aliphatic carbocycles. The number of quaternary nitrogens is 1. The van der Waals surface area contributed by atoms with Gasteiger partial charge in [-0.25, -0.2) is 0 Å². The molecular formula is C17H23N2O+. The molecule has 1 amide bonds. The third-order valence-electron chi connectivity index (χ3n) is 3.53. The zero-order chi connectivity index (χ0) is 14.9. The van der Waals surface area contributed by atoms with Crippen molar-refractivity contribution < 1.29 is 9.28 Å². The third-order valence-corrected chi connectivity index (χ3v) is 3.53. The van der Waals surface area contributed by atoms with E-state index in [0.29, 0.717) is 6.54 Å². The molecule has 0 bridgehead atoms. The number of carbonyl (C=O) groups is 1. The molecule has 0 spiro atoms. The van der Waals surface area contributed by atoms with Crippen LogP contribution in [0.3, 0.4) is 0 Å². The van der Waals surface area contributed by atoms with Crippen molar-refractivity contribution in [1.82, 2.24) is 4.90 Å². The fourth-order valence-electron chi connectivity index (χ4n) is 2.19. The number of allylic oxidation sites excluding steroid dienone is 1. The fourth-order valence-corrected chi connectivity index (χ4v) is 2.19. The maximum atomic E-state index is 12.1. The molecule has 0 radical (unpaired) electrons. The first-order valence-corrected chi connectivity index (χ1v) is 6.88. The van der Waals surface area contributed by atoms with Crippen molar-refractivity contribution in [2.75, 3.05) is 34.2 Å². The molecule has 0 saturated carbocycles. The average molecular weight is 271 g/mol. The summed E-state index contributed by atoms with van der Waals surface area (Å²) in [6, 6.07) is 8.21. The van der Waals surface area contributed by atoms with E-state index in [1.165, 1.54) is 5.56 Å². The lowest BCUT2D eigenvalue weighted by Crippen LogP contribution is -2.42. The number of hydrogen-bond donors (Lipinski definition) is 0. The summed E-state index contributed by atoms with van der Waals surface area (Å²) in [5, 5.41) is 0. The average Bonchev–Trinajstić information content (AvgIpc) is 2.63. The van der Waals surface area contributed by atoms with Gasteiger partial charge >= 0.3 is 0 Å². The third kappa shape index (κ3) is 3.17. The number of nitrogens with zero attached hydrogens (tertiary/aromatic N) is 2. The molecule has 3 heteroatoms. The maximum Gasteiger partial charge on any atom is 0.251 e. The number of aryl methyl sites for hydroxylation is 1. The Morgan fingerprint density at radius 2 is 1.75 bits per heavy atom. The van der Waals surface area contributed by atoms with Gasteiger partial charge in [0.15, 0.2) is 0 Å². The van der Waals surface area contributed by atoms with Gasteiger partial charge in [-0.15, -0.1) is 0 Å². The number of amides is 1. The molecule has 106 valence electrons. The summed E-state index contributed by atoms with van der Waals surface area (Å²) in [6.07, 6.45) is 1.70. The minimum Gasteiger partial charge on any atom is -0.329 e. The van der Waals surface area contributed by atoms with E-state index in [1.54, 1.807) is 11.0 Å². The molecule has 3 nitrogen and oxygen atoms in total. The summed E-state index contributed by atoms with van der Waals surface area (Å²) < 4.78 is 0.830. The lowest BCUT2D eigenvalue weighted by molar-refractivity contribution is -0.869. The lowest BCUT2D eigenvalue weighted by atomic mass is 10.0. The van der Waals surface area contributed by atoms with Crippen molar-refractivity contribution in [1.29, 1.82) is 0 Å². The van der Waals surface area contributed by atoms with Gasteiger partial charge in [-0.2, -0.15) is 0 Å². The first kappa shape index (κ1) is 14.5. The van der Waals surface area contributed by atoms with Crippen molar-refractivity contribution in [3.05, 3.63) is 53.7 Å². The van der Waals surface area contributed by atoms with E-state index in [2.05, 4.69) is 46.8 Å². The molecule has 1 aliphatic rings. The molecule has 0 atom stereocenters. The van der Waals surface area contributed by atoms with E-state index < -0.39 is 0 Å². The molecular weight excluding hydrogens is 248 g/mol. The van der Waals surface area contributed by atoms with Crippen LogP contribution in [0, 0.1) is 6.92 Å². The Balaban J connectivity index is 2.15. The normalized spacial score (nSPS) is 15.8. The molecule has 1 heterocycles. The minimum atomic E-state index is 0.0408. The summed E-state index contributed by atoms with van der Waals surface area (Å²) in [5.41, 5.74) is 4.02. The van der Waals surface area contributed by atoms with Crippen molar-refractivity contribution in [3.63, 3.8) is 0 Å². The molecule has 1 aliphatic heterocycles. The Labute approximate surface area is 121 Å². The maximum absolute atomic E-state index is 12.1. The number of likely N-dealkylation sites (N-methyl/N-ethyl adjacent to an activating group) is 1. The molecule has 20 heavy (non-hydrogen) atoms. The number of hydrogen-bond acceptors (Lipinski definition) is 1. The number of rotatable bonds is 4. The first-order chi connectivity index (χ1) is 9.28. The molecule has 1 aromatic rings. The SMILES string of the molecule is C=C1C(c2ccc(C)cc2)=CC(=O)N1CC[N+](C)(C)C. The Hall–Kier alpha value is -1.87. The van der Waals surface area contributed by atoms with Gasteiger partial charge in [0, 0.05) is 17.3 Å². The van der Waals surface area contributed by atoms with E-state index in [1.807, 2.05) is 12.1 Å². The van der Waals surface area contributed by atoms with Gasteiger partial charge in [-0.3, -0.25) is 4.79 Å². The summed E-state index contributed by atoms with van der Waals surface area (Å²) in [4.78, 5) is 13.9. The van der Waals surface area contributed by atoms with Crippen molar-refractivity contribution in [3.8, 4) is 0 Å². The Kier molecular flexibility index (Phi) is 3.82. The van der Waals surface area contributed by atoms with Crippen LogP contribution < -0.4 is 0 Å². The van der Waals surface area contributed by atoms with Crippen molar-refractivity contribution in [2.24, 2.45) is 0 Å². The zero-order valence-electron chi connectivity index (χ0n) is 12.8. The lowest BCUT2D eigenvalue weighted by Gasteiger charge is -2.27. The molecule has 0 aromatic heterocycles. The zero-order valence-corrected chi connectivity index (χ0v) is 12.8. The monoisotopic (exact) mass is 271 g/mol. The molecule has 0 fully saturated rings. The van der Waals surface area contributed by atoms with E-state index in [0.717, 1.165) is 27.9 Å². The summed E-state index contributed by atoms with van der Waals surface area (Å²) >= 11 is 0. The van der Waals surface area contributed by atoms with Crippen LogP contribution >= 0.6 is 0 Å². The fraction of sp³-hybridized carbons (Fsp3) is 0.353. The minimum absolute atomic E-state index is 0.0408. The van der Waals surface area contributed by atoms with Crippen LogP contribution in [0.15, 0.2) is 42.6 Å². The van der Waals surface area contributed by atoms with Gasteiger partial charge < -0.3 is 9.38 Å². The topological polar surface area (TPSA) is 20.3 Å². The molecule has 1 aromatic carbocycles. The van der Waals surface area contributed by atoms with Crippen LogP contribution in [0.4, 0.5) is 0 Å². The van der Waals surface area contributed by atoms with E-state index >= 15 is 0 Å².